The van der Waals surface area contributed by atoms with Gasteiger partial charge in [0.2, 0.25) is 0 Å². The Bertz CT molecular complexity index is 1210. The van der Waals surface area contributed by atoms with Gasteiger partial charge in [-0.3, -0.25) is 0 Å². The van der Waals surface area contributed by atoms with E-state index in [0.29, 0.717) is 37.9 Å². The van der Waals surface area contributed by atoms with Gasteiger partial charge in [0.05, 0.1) is 25.9 Å². The predicted molar refractivity (Wildman–Crippen MR) is 120 cm³/mol. The molecule has 1 aromatic heterocycles. The number of anilines is 1. The molecule has 31 heavy (non-hydrogen) atoms. The first kappa shape index (κ1) is 22.5. The van der Waals surface area contributed by atoms with Crippen LogP contribution in [0.1, 0.15) is 24.1 Å². The first-order valence-electron chi connectivity index (χ1n) is 9.57. The van der Waals surface area contributed by atoms with Crippen molar-refractivity contribution in [2.45, 2.75) is 29.4 Å². The first-order chi connectivity index (χ1) is 14.8. The number of benzene rings is 2. The lowest BCUT2D eigenvalue weighted by Crippen LogP contribution is -2.39. The van der Waals surface area contributed by atoms with E-state index in [9.17, 15) is 17.2 Å². The molecule has 164 valence electrons. The van der Waals surface area contributed by atoms with Gasteiger partial charge >= 0.3 is 0 Å². The molecule has 1 fully saturated rings. The summed E-state index contributed by atoms with van der Waals surface area (Å²) in [5, 5.41) is 2.41. The number of aromatic nitrogens is 1. The van der Waals surface area contributed by atoms with Crippen LogP contribution in [-0.4, -0.2) is 31.7 Å². The highest BCUT2D eigenvalue weighted by molar-refractivity contribution is 7.92. The van der Waals surface area contributed by atoms with Crippen molar-refractivity contribution in [1.82, 2.24) is 4.98 Å². The zero-order valence-electron chi connectivity index (χ0n) is 16.2. The number of sulfone groups is 1. The molecule has 1 saturated heterocycles. The molecule has 2 heterocycles. The van der Waals surface area contributed by atoms with E-state index in [-0.39, 0.29) is 14.9 Å². The number of hydrogen-bond acceptors (Lipinski definition) is 5. The standard InChI is InChI=1S/C21H18Cl2F2N2O2S2/c22-16-2-1-3-19(20(16)23)31(28,29)15-6-8-27(9-7-15)21-26-14(12-30-21)10-13-4-5-17(24)18(25)11-13/h1-5,11-12,15H,6-10H2. The van der Waals surface area contributed by atoms with Crippen molar-refractivity contribution in [3.63, 3.8) is 0 Å². The van der Waals surface area contributed by atoms with Gasteiger partial charge in [-0.05, 0) is 42.7 Å². The van der Waals surface area contributed by atoms with E-state index >= 15 is 0 Å². The minimum absolute atomic E-state index is 0.0633. The van der Waals surface area contributed by atoms with Crippen LogP contribution in [0.2, 0.25) is 10.0 Å². The highest BCUT2D eigenvalue weighted by atomic mass is 35.5. The van der Waals surface area contributed by atoms with E-state index in [2.05, 4.69) is 4.98 Å². The van der Waals surface area contributed by atoms with Crippen LogP contribution in [0.5, 0.6) is 0 Å². The third kappa shape index (κ3) is 4.72. The normalized spacial score (nSPS) is 15.4. The molecule has 4 nitrogen and oxygen atoms in total. The number of piperidine rings is 1. The minimum atomic E-state index is -3.59. The van der Waals surface area contributed by atoms with Gasteiger partial charge in [0, 0.05) is 24.9 Å². The highest BCUT2D eigenvalue weighted by Gasteiger charge is 2.33. The van der Waals surface area contributed by atoms with Gasteiger partial charge in [0.1, 0.15) is 0 Å². The van der Waals surface area contributed by atoms with Crippen molar-refractivity contribution in [3.8, 4) is 0 Å². The number of rotatable bonds is 5. The van der Waals surface area contributed by atoms with Gasteiger partial charge in [0.25, 0.3) is 0 Å². The predicted octanol–water partition coefficient (Wildman–Crippen LogP) is 5.76. The quantitative estimate of drug-likeness (QED) is 0.444. The molecule has 3 aromatic rings. The van der Waals surface area contributed by atoms with Crippen LogP contribution in [-0.2, 0) is 16.3 Å². The zero-order chi connectivity index (χ0) is 22.2. The number of nitrogens with zero attached hydrogens (tertiary/aromatic N) is 2. The van der Waals surface area contributed by atoms with Crippen LogP contribution in [0.3, 0.4) is 0 Å². The van der Waals surface area contributed by atoms with Crippen molar-refractivity contribution in [2.75, 3.05) is 18.0 Å². The molecular formula is C21H18Cl2F2N2O2S2. The summed E-state index contributed by atoms with van der Waals surface area (Å²) in [4.78, 5) is 6.71. The molecule has 2 aromatic carbocycles. The first-order valence-corrected chi connectivity index (χ1v) is 12.7. The third-order valence-corrected chi connectivity index (χ3v) is 9.47. The molecule has 4 rings (SSSR count). The lowest BCUT2D eigenvalue weighted by Gasteiger charge is -2.31. The second kappa shape index (κ2) is 9.02. The summed E-state index contributed by atoms with van der Waals surface area (Å²) in [7, 11) is -3.59. The van der Waals surface area contributed by atoms with E-state index in [0.717, 1.165) is 16.9 Å². The summed E-state index contributed by atoms with van der Waals surface area (Å²) < 4.78 is 52.6. The Kier molecular flexibility index (Phi) is 6.53. The van der Waals surface area contributed by atoms with Gasteiger partial charge in [-0.1, -0.05) is 35.3 Å². The molecule has 0 N–H and O–H groups in total. The maximum Gasteiger partial charge on any atom is 0.185 e. The largest absolute Gasteiger partial charge is 0.348 e. The maximum atomic E-state index is 13.4. The molecule has 0 amide bonds. The Balaban J connectivity index is 1.42. The van der Waals surface area contributed by atoms with Crippen molar-refractivity contribution in [3.05, 3.63) is 74.7 Å². The summed E-state index contributed by atoms with van der Waals surface area (Å²) in [5.74, 6) is -1.75. The lowest BCUT2D eigenvalue weighted by molar-refractivity contribution is 0.507. The average molecular weight is 503 g/mol. The number of halogens is 4. The molecule has 1 aliphatic rings. The maximum absolute atomic E-state index is 13.4. The van der Waals surface area contributed by atoms with Crippen molar-refractivity contribution in [1.29, 1.82) is 0 Å². The van der Waals surface area contributed by atoms with Crippen LogP contribution in [0.25, 0.3) is 0 Å². The molecule has 0 spiro atoms. The van der Waals surface area contributed by atoms with Gasteiger partial charge < -0.3 is 4.90 Å². The Morgan fingerprint density at radius 1 is 1.10 bits per heavy atom. The zero-order valence-corrected chi connectivity index (χ0v) is 19.3. The SMILES string of the molecule is O=S(=O)(c1cccc(Cl)c1Cl)C1CCN(c2nc(Cc3ccc(F)c(F)c3)cs2)CC1. The van der Waals surface area contributed by atoms with Crippen LogP contribution >= 0.6 is 34.5 Å². The van der Waals surface area contributed by atoms with E-state index in [4.69, 9.17) is 23.2 Å². The summed E-state index contributed by atoms with van der Waals surface area (Å²) in [6.45, 7) is 1.08. The molecule has 10 heteroatoms. The molecule has 0 bridgehead atoms. The molecule has 0 radical (unpaired) electrons. The summed E-state index contributed by atoms with van der Waals surface area (Å²) in [6.07, 6.45) is 1.29. The summed E-state index contributed by atoms with van der Waals surface area (Å²) >= 11 is 13.6. The van der Waals surface area contributed by atoms with Gasteiger partial charge in [-0.25, -0.2) is 22.2 Å². The molecule has 0 saturated carbocycles. The molecule has 1 aliphatic heterocycles. The third-order valence-electron chi connectivity index (χ3n) is 5.28. The molecule has 0 aliphatic carbocycles. The fraction of sp³-hybridized carbons (Fsp3) is 0.286. The molecular weight excluding hydrogens is 485 g/mol. The number of hydrogen-bond donors (Lipinski definition) is 0. The Morgan fingerprint density at radius 2 is 1.84 bits per heavy atom. The van der Waals surface area contributed by atoms with E-state index < -0.39 is 26.7 Å². The Morgan fingerprint density at radius 3 is 2.55 bits per heavy atom. The fourth-order valence-corrected chi connectivity index (χ4v) is 7.00. The Hall–Kier alpha value is -1.74. The van der Waals surface area contributed by atoms with Crippen LogP contribution in [0.15, 0.2) is 46.7 Å². The van der Waals surface area contributed by atoms with Crippen molar-refractivity contribution in [2.24, 2.45) is 0 Å². The topological polar surface area (TPSA) is 50.3 Å². The van der Waals surface area contributed by atoms with Crippen LogP contribution in [0, 0.1) is 11.6 Å². The summed E-state index contributed by atoms with van der Waals surface area (Å²) in [5.41, 5.74) is 1.39. The van der Waals surface area contributed by atoms with E-state index in [1.54, 1.807) is 12.1 Å². The van der Waals surface area contributed by atoms with Gasteiger partial charge in [-0.2, -0.15) is 0 Å². The smallest absolute Gasteiger partial charge is 0.185 e. The van der Waals surface area contributed by atoms with Gasteiger partial charge in [0.15, 0.2) is 26.6 Å². The van der Waals surface area contributed by atoms with Crippen LogP contribution < -0.4 is 4.90 Å². The van der Waals surface area contributed by atoms with Crippen molar-refractivity contribution < 1.29 is 17.2 Å². The van der Waals surface area contributed by atoms with Crippen LogP contribution in [0.4, 0.5) is 13.9 Å². The molecule has 0 atom stereocenters. The molecule has 0 unspecified atom stereocenters. The fourth-order valence-electron chi connectivity index (χ4n) is 3.62. The van der Waals surface area contributed by atoms with E-state index in [1.165, 1.54) is 29.5 Å². The Labute approximate surface area is 193 Å². The second-order valence-corrected chi connectivity index (χ2v) is 11.1. The average Bonchev–Trinajstić information content (AvgIpc) is 3.21. The van der Waals surface area contributed by atoms with E-state index in [1.807, 2.05) is 10.3 Å². The minimum Gasteiger partial charge on any atom is -0.348 e. The number of thiazole rings is 1. The van der Waals surface area contributed by atoms with Gasteiger partial charge in [-0.15, -0.1) is 11.3 Å². The monoisotopic (exact) mass is 502 g/mol. The lowest BCUT2D eigenvalue weighted by atomic mass is 10.1. The summed E-state index contributed by atoms with van der Waals surface area (Å²) in [6, 6.07) is 8.45. The second-order valence-electron chi connectivity index (χ2n) is 7.33. The van der Waals surface area contributed by atoms with Crippen molar-refractivity contribution >= 4 is 49.5 Å². The highest BCUT2D eigenvalue weighted by Crippen LogP contribution is 2.35.